The molecule has 0 saturated heterocycles. The lowest BCUT2D eigenvalue weighted by Gasteiger charge is -1.85. The van der Waals surface area contributed by atoms with Crippen molar-refractivity contribution >= 4 is 23.9 Å². The summed E-state index contributed by atoms with van der Waals surface area (Å²) in [5.41, 5.74) is 0. The summed E-state index contributed by atoms with van der Waals surface area (Å²) < 4.78 is 0. The van der Waals surface area contributed by atoms with Gasteiger partial charge in [-0.1, -0.05) is 13.8 Å². The molecular weight excluding hydrogens is 248 g/mol. The molecule has 0 heterocycles. The van der Waals surface area contributed by atoms with Gasteiger partial charge in [0.15, 0.2) is 0 Å². The van der Waals surface area contributed by atoms with Crippen LogP contribution in [0, 0.1) is 0 Å². The molecule has 0 aliphatic carbocycles. The number of hydrogen-bond acceptors (Lipinski definition) is 4. The van der Waals surface area contributed by atoms with E-state index < -0.39 is 23.9 Å². The largest absolute Gasteiger partial charge is 0.481 e. The fourth-order valence-electron chi connectivity index (χ4n) is 0.428. The van der Waals surface area contributed by atoms with Crippen molar-refractivity contribution in [2.75, 3.05) is 0 Å². The van der Waals surface area contributed by atoms with Gasteiger partial charge in [-0.2, -0.15) is 0 Å². The Labute approximate surface area is 104 Å². The Morgan fingerprint density at radius 2 is 0.667 bits per heavy atom. The lowest BCUT2D eigenvalue weighted by atomic mass is 10.3. The van der Waals surface area contributed by atoms with E-state index in [4.69, 9.17) is 20.4 Å². The minimum atomic E-state index is -1.08. The zero-order chi connectivity index (χ0) is 15.1. The maximum absolute atomic E-state index is 9.64. The smallest absolute Gasteiger partial charge is 0.303 e. The molecule has 106 valence electrons. The van der Waals surface area contributed by atoms with Crippen LogP contribution in [0.4, 0.5) is 0 Å². The molecule has 0 unspecified atom stereocenters. The van der Waals surface area contributed by atoms with Gasteiger partial charge in [-0.05, 0) is 0 Å². The summed E-state index contributed by atoms with van der Waals surface area (Å²) in [6.45, 7) is 4.00. The molecule has 4 N–H and O–H groups in total. The number of hydrogen-bond donors (Lipinski definition) is 4. The molecule has 8 nitrogen and oxygen atoms in total. The van der Waals surface area contributed by atoms with E-state index in [1.165, 1.54) is 0 Å². The van der Waals surface area contributed by atoms with E-state index in [1.807, 2.05) is 13.8 Å². The van der Waals surface area contributed by atoms with Gasteiger partial charge in [-0.25, -0.2) is 0 Å². The molecule has 0 saturated carbocycles. The van der Waals surface area contributed by atoms with Crippen molar-refractivity contribution < 1.29 is 39.6 Å². The summed E-state index contributed by atoms with van der Waals surface area (Å²) in [5, 5.41) is 31.6. The SMILES string of the molecule is CC.O=C(O)CCC(=O)O.O=C(O)CCC(=O)O. The van der Waals surface area contributed by atoms with E-state index in [0.29, 0.717) is 0 Å². The molecule has 0 atom stereocenters. The first-order chi connectivity index (χ1) is 8.25. The Balaban J connectivity index is -0.000000219. The first-order valence-electron chi connectivity index (χ1n) is 5.13. The van der Waals surface area contributed by atoms with Crippen LogP contribution >= 0.6 is 0 Å². The molecule has 0 bridgehead atoms. The number of aliphatic carboxylic acids is 4. The van der Waals surface area contributed by atoms with Crippen molar-refractivity contribution in [3.8, 4) is 0 Å². The van der Waals surface area contributed by atoms with Crippen LogP contribution in [0.3, 0.4) is 0 Å². The number of rotatable bonds is 6. The van der Waals surface area contributed by atoms with Crippen molar-refractivity contribution in [1.29, 1.82) is 0 Å². The van der Waals surface area contributed by atoms with Gasteiger partial charge in [0.2, 0.25) is 0 Å². The highest BCUT2D eigenvalue weighted by Gasteiger charge is 2.00. The quantitative estimate of drug-likeness (QED) is 0.553. The van der Waals surface area contributed by atoms with Crippen LogP contribution in [0.25, 0.3) is 0 Å². The molecule has 8 heteroatoms. The number of carboxylic acids is 4. The Morgan fingerprint density at radius 3 is 0.722 bits per heavy atom. The second kappa shape index (κ2) is 14.9. The normalized spacial score (nSPS) is 7.89. The standard InChI is InChI=1S/2C4H6O4.C2H6/c2*5-3(6)1-2-4(7)8;1-2/h2*1-2H2,(H,5,6)(H,7,8);1-2H3. The Hall–Kier alpha value is -2.12. The molecule has 0 aromatic heterocycles. The molecular formula is C10H18O8. The van der Waals surface area contributed by atoms with Crippen molar-refractivity contribution in [2.24, 2.45) is 0 Å². The van der Waals surface area contributed by atoms with E-state index in [1.54, 1.807) is 0 Å². The molecule has 0 radical (unpaired) electrons. The molecule has 0 aliphatic heterocycles. The topological polar surface area (TPSA) is 149 Å². The second-order valence-electron chi connectivity index (χ2n) is 2.57. The second-order valence-corrected chi connectivity index (χ2v) is 2.57. The van der Waals surface area contributed by atoms with Crippen molar-refractivity contribution in [3.05, 3.63) is 0 Å². The predicted octanol–water partition coefficient (Wildman–Crippen LogP) is 0.898. The average molecular weight is 266 g/mol. The third-order valence-corrected chi connectivity index (χ3v) is 1.11. The highest BCUT2D eigenvalue weighted by atomic mass is 16.4. The van der Waals surface area contributed by atoms with Gasteiger partial charge in [-0.3, -0.25) is 19.2 Å². The fourth-order valence-corrected chi connectivity index (χ4v) is 0.428. The van der Waals surface area contributed by atoms with E-state index >= 15 is 0 Å². The van der Waals surface area contributed by atoms with Gasteiger partial charge in [0.05, 0.1) is 25.7 Å². The molecule has 0 amide bonds. The minimum Gasteiger partial charge on any atom is -0.481 e. The Kier molecular flexibility index (Phi) is 17.5. The zero-order valence-corrected chi connectivity index (χ0v) is 10.3. The Morgan fingerprint density at radius 1 is 0.556 bits per heavy atom. The van der Waals surface area contributed by atoms with Crippen LogP contribution in [0.1, 0.15) is 39.5 Å². The lowest BCUT2D eigenvalue weighted by molar-refractivity contribution is -0.143. The van der Waals surface area contributed by atoms with Gasteiger partial charge >= 0.3 is 23.9 Å². The first-order valence-corrected chi connectivity index (χ1v) is 5.13. The van der Waals surface area contributed by atoms with Crippen LogP contribution in [0.2, 0.25) is 0 Å². The summed E-state index contributed by atoms with van der Waals surface area (Å²) in [5.74, 6) is -4.31. The lowest BCUT2D eigenvalue weighted by Crippen LogP contribution is -2.00. The molecule has 0 spiro atoms. The van der Waals surface area contributed by atoms with Crippen LogP contribution in [0.5, 0.6) is 0 Å². The highest BCUT2D eigenvalue weighted by Crippen LogP contribution is 1.86. The summed E-state index contributed by atoms with van der Waals surface area (Å²) in [7, 11) is 0. The summed E-state index contributed by atoms with van der Waals surface area (Å²) in [4.78, 5) is 38.6. The number of carbonyl (C=O) groups is 4. The van der Waals surface area contributed by atoms with Crippen molar-refractivity contribution in [3.63, 3.8) is 0 Å². The minimum absolute atomic E-state index is 0.296. The maximum atomic E-state index is 9.64. The van der Waals surface area contributed by atoms with Gasteiger partial charge in [0.25, 0.3) is 0 Å². The fraction of sp³-hybridized carbons (Fsp3) is 0.600. The van der Waals surface area contributed by atoms with Crippen molar-refractivity contribution in [1.82, 2.24) is 0 Å². The van der Waals surface area contributed by atoms with E-state index in [0.717, 1.165) is 0 Å². The van der Waals surface area contributed by atoms with Gasteiger partial charge < -0.3 is 20.4 Å². The van der Waals surface area contributed by atoms with E-state index in [9.17, 15) is 19.2 Å². The molecule has 0 aliphatic rings. The number of carboxylic acid groups (broad SMARTS) is 4. The molecule has 0 aromatic carbocycles. The zero-order valence-electron chi connectivity index (χ0n) is 10.3. The Bertz CT molecular complexity index is 215. The van der Waals surface area contributed by atoms with Gasteiger partial charge in [-0.15, -0.1) is 0 Å². The van der Waals surface area contributed by atoms with E-state index in [-0.39, 0.29) is 25.7 Å². The highest BCUT2D eigenvalue weighted by molar-refractivity contribution is 5.75. The summed E-state index contributed by atoms with van der Waals surface area (Å²) in [6, 6.07) is 0. The van der Waals surface area contributed by atoms with Crippen LogP contribution in [-0.4, -0.2) is 44.3 Å². The third-order valence-electron chi connectivity index (χ3n) is 1.11. The molecule has 0 aromatic rings. The van der Waals surface area contributed by atoms with Crippen LogP contribution in [-0.2, 0) is 19.2 Å². The average Bonchev–Trinajstić information content (AvgIpc) is 2.27. The van der Waals surface area contributed by atoms with Crippen LogP contribution in [0.15, 0.2) is 0 Å². The summed E-state index contributed by atoms with van der Waals surface area (Å²) >= 11 is 0. The van der Waals surface area contributed by atoms with Crippen LogP contribution < -0.4 is 0 Å². The third kappa shape index (κ3) is 37.1. The molecule has 18 heavy (non-hydrogen) atoms. The molecule has 0 fully saturated rings. The molecule has 0 rings (SSSR count). The van der Waals surface area contributed by atoms with Gasteiger partial charge in [0, 0.05) is 0 Å². The van der Waals surface area contributed by atoms with Crippen molar-refractivity contribution in [2.45, 2.75) is 39.5 Å². The van der Waals surface area contributed by atoms with E-state index in [2.05, 4.69) is 0 Å². The maximum Gasteiger partial charge on any atom is 0.303 e. The monoisotopic (exact) mass is 266 g/mol. The first kappa shape index (κ1) is 21.2. The van der Waals surface area contributed by atoms with Gasteiger partial charge in [0.1, 0.15) is 0 Å². The summed E-state index contributed by atoms with van der Waals surface area (Å²) in [6.07, 6.45) is -1.19. The predicted molar refractivity (Wildman–Crippen MR) is 60.4 cm³/mol.